The Morgan fingerprint density at radius 3 is 2.56 bits per heavy atom. The Balaban J connectivity index is 2.60. The number of benzene rings is 2. The van der Waals surface area contributed by atoms with E-state index in [4.69, 9.17) is 22.4 Å². The van der Waals surface area contributed by atoms with Crippen LogP contribution in [0.3, 0.4) is 0 Å². The summed E-state index contributed by atoms with van der Waals surface area (Å²) in [5.74, 6) is -0.991. The molecule has 2 aromatic carbocycles. The molecule has 92 valence electrons. The number of halogens is 1. The maximum Gasteiger partial charge on any atom is 0.335 e. The van der Waals surface area contributed by atoms with E-state index in [1.165, 1.54) is 6.07 Å². The maximum atomic E-state index is 11.0. The average Bonchev–Trinajstić information content (AvgIpc) is 2.27. The molecule has 0 bridgehead atoms. The highest BCUT2D eigenvalue weighted by atomic mass is 35.5. The first kappa shape index (κ1) is 12.5. The van der Waals surface area contributed by atoms with Gasteiger partial charge < -0.3 is 10.8 Å². The highest BCUT2D eigenvalue weighted by Gasteiger charge is 2.09. The summed E-state index contributed by atoms with van der Waals surface area (Å²) < 4.78 is 0. The van der Waals surface area contributed by atoms with Crippen LogP contribution in [0.5, 0.6) is 0 Å². The van der Waals surface area contributed by atoms with Gasteiger partial charge in [-0.1, -0.05) is 17.7 Å². The van der Waals surface area contributed by atoms with Crippen molar-refractivity contribution in [2.24, 2.45) is 0 Å². The van der Waals surface area contributed by atoms with Crippen LogP contribution in [0.2, 0.25) is 5.02 Å². The second-order valence-electron chi connectivity index (χ2n) is 4.11. The van der Waals surface area contributed by atoms with Crippen LogP contribution in [0.15, 0.2) is 36.4 Å². The molecule has 4 heteroatoms. The minimum absolute atomic E-state index is 0.180. The van der Waals surface area contributed by atoms with Gasteiger partial charge in [-0.2, -0.15) is 0 Å². The summed E-state index contributed by atoms with van der Waals surface area (Å²) in [4.78, 5) is 11.0. The first-order chi connectivity index (χ1) is 8.47. The highest BCUT2D eigenvalue weighted by molar-refractivity contribution is 6.30. The van der Waals surface area contributed by atoms with Gasteiger partial charge in [-0.3, -0.25) is 0 Å². The van der Waals surface area contributed by atoms with E-state index in [2.05, 4.69) is 0 Å². The molecule has 2 aromatic rings. The molecule has 0 heterocycles. The Morgan fingerprint density at radius 2 is 1.94 bits per heavy atom. The molecule has 0 aromatic heterocycles. The normalized spacial score (nSPS) is 10.3. The summed E-state index contributed by atoms with van der Waals surface area (Å²) in [6, 6.07) is 10.3. The SMILES string of the molecule is Cc1cc(Cl)ccc1-c1cc(N)cc(C(=O)O)c1. The third-order valence-corrected chi connectivity index (χ3v) is 2.94. The molecule has 3 nitrogen and oxygen atoms in total. The molecule has 0 aliphatic rings. The molecule has 3 N–H and O–H groups in total. The Labute approximate surface area is 110 Å². The molecule has 0 amide bonds. The lowest BCUT2D eigenvalue weighted by molar-refractivity contribution is 0.0697. The predicted octanol–water partition coefficient (Wildman–Crippen LogP) is 3.60. The summed E-state index contributed by atoms with van der Waals surface area (Å²) in [5, 5.41) is 9.67. The van der Waals surface area contributed by atoms with Crippen LogP contribution in [0.4, 0.5) is 5.69 Å². The molecule has 0 atom stereocenters. The Hall–Kier alpha value is -2.00. The highest BCUT2D eigenvalue weighted by Crippen LogP contribution is 2.28. The van der Waals surface area contributed by atoms with E-state index in [0.717, 1.165) is 16.7 Å². The number of carbonyl (C=O) groups is 1. The van der Waals surface area contributed by atoms with Crippen LogP contribution >= 0.6 is 11.6 Å². The number of aryl methyl sites for hydroxylation is 1. The van der Waals surface area contributed by atoms with Gasteiger partial charge in [0, 0.05) is 10.7 Å². The molecule has 0 saturated heterocycles. The molecule has 2 rings (SSSR count). The van der Waals surface area contributed by atoms with Crippen LogP contribution in [0, 0.1) is 6.92 Å². The lowest BCUT2D eigenvalue weighted by atomic mass is 9.98. The standard InChI is InChI=1S/C14H12ClNO2/c1-8-4-11(15)2-3-13(8)9-5-10(14(17)18)7-12(16)6-9/h2-7H,16H2,1H3,(H,17,18). The average molecular weight is 262 g/mol. The molecule has 0 saturated carbocycles. The number of carboxylic acids is 1. The van der Waals surface area contributed by atoms with Crippen LogP contribution < -0.4 is 5.73 Å². The minimum Gasteiger partial charge on any atom is -0.478 e. The van der Waals surface area contributed by atoms with E-state index in [9.17, 15) is 4.79 Å². The van der Waals surface area contributed by atoms with E-state index in [1.54, 1.807) is 18.2 Å². The molecule has 0 aliphatic heterocycles. The smallest absolute Gasteiger partial charge is 0.335 e. The van der Waals surface area contributed by atoms with Crippen LogP contribution in [-0.4, -0.2) is 11.1 Å². The lowest BCUT2D eigenvalue weighted by Gasteiger charge is -2.09. The number of nitrogen functional groups attached to an aromatic ring is 1. The van der Waals surface area contributed by atoms with Gasteiger partial charge in [0.15, 0.2) is 0 Å². The van der Waals surface area contributed by atoms with Crippen molar-refractivity contribution in [2.75, 3.05) is 5.73 Å². The fraction of sp³-hybridized carbons (Fsp3) is 0.0714. The third kappa shape index (κ3) is 2.46. The number of hydrogen-bond acceptors (Lipinski definition) is 2. The molecule has 0 radical (unpaired) electrons. The summed E-state index contributed by atoms with van der Waals surface area (Å²) in [6.07, 6.45) is 0. The number of rotatable bonds is 2. The Kier molecular flexibility index (Phi) is 3.26. The van der Waals surface area contributed by atoms with Gasteiger partial charge in [0.2, 0.25) is 0 Å². The van der Waals surface area contributed by atoms with E-state index in [1.807, 2.05) is 19.1 Å². The number of hydrogen-bond donors (Lipinski definition) is 2. The van der Waals surface area contributed by atoms with E-state index < -0.39 is 5.97 Å². The summed E-state index contributed by atoms with van der Waals surface area (Å²) >= 11 is 5.90. The largest absolute Gasteiger partial charge is 0.478 e. The third-order valence-electron chi connectivity index (χ3n) is 2.70. The van der Waals surface area contributed by atoms with Gasteiger partial charge in [0.1, 0.15) is 0 Å². The van der Waals surface area contributed by atoms with E-state index in [-0.39, 0.29) is 5.56 Å². The summed E-state index contributed by atoms with van der Waals surface area (Å²) in [6.45, 7) is 1.92. The zero-order chi connectivity index (χ0) is 13.3. The molecule has 0 unspecified atom stereocenters. The molecule has 0 fully saturated rings. The molecule has 18 heavy (non-hydrogen) atoms. The van der Waals surface area contributed by atoms with Crippen molar-refractivity contribution >= 4 is 23.3 Å². The van der Waals surface area contributed by atoms with Crippen molar-refractivity contribution in [3.63, 3.8) is 0 Å². The Bertz CT molecular complexity index is 623. The minimum atomic E-state index is -0.991. The fourth-order valence-corrected chi connectivity index (χ4v) is 2.11. The number of nitrogens with two attached hydrogens (primary N) is 1. The van der Waals surface area contributed by atoms with Crippen molar-refractivity contribution in [2.45, 2.75) is 6.92 Å². The predicted molar refractivity (Wildman–Crippen MR) is 73.0 cm³/mol. The van der Waals surface area contributed by atoms with Crippen LogP contribution in [0.25, 0.3) is 11.1 Å². The van der Waals surface area contributed by atoms with Gasteiger partial charge in [-0.05, 0) is 53.9 Å². The Morgan fingerprint density at radius 1 is 1.22 bits per heavy atom. The van der Waals surface area contributed by atoms with Gasteiger partial charge in [-0.15, -0.1) is 0 Å². The van der Waals surface area contributed by atoms with Gasteiger partial charge in [-0.25, -0.2) is 4.79 Å². The summed E-state index contributed by atoms with van der Waals surface area (Å²) in [7, 11) is 0. The van der Waals surface area contributed by atoms with Crippen molar-refractivity contribution in [3.05, 3.63) is 52.5 Å². The number of carboxylic acid groups (broad SMARTS) is 1. The van der Waals surface area contributed by atoms with Gasteiger partial charge in [0.25, 0.3) is 0 Å². The van der Waals surface area contributed by atoms with Gasteiger partial charge in [0.05, 0.1) is 5.56 Å². The van der Waals surface area contributed by atoms with Gasteiger partial charge >= 0.3 is 5.97 Å². The van der Waals surface area contributed by atoms with Crippen molar-refractivity contribution in [3.8, 4) is 11.1 Å². The lowest BCUT2D eigenvalue weighted by Crippen LogP contribution is -1.99. The van der Waals surface area contributed by atoms with E-state index in [0.29, 0.717) is 10.7 Å². The molecular weight excluding hydrogens is 250 g/mol. The molecule has 0 spiro atoms. The van der Waals surface area contributed by atoms with Crippen molar-refractivity contribution in [1.29, 1.82) is 0 Å². The first-order valence-corrected chi connectivity index (χ1v) is 5.75. The fourth-order valence-electron chi connectivity index (χ4n) is 1.88. The first-order valence-electron chi connectivity index (χ1n) is 5.38. The zero-order valence-corrected chi connectivity index (χ0v) is 10.5. The van der Waals surface area contributed by atoms with Crippen molar-refractivity contribution in [1.82, 2.24) is 0 Å². The van der Waals surface area contributed by atoms with Crippen LogP contribution in [-0.2, 0) is 0 Å². The number of aromatic carboxylic acids is 1. The zero-order valence-electron chi connectivity index (χ0n) is 9.77. The molecular formula is C14H12ClNO2. The van der Waals surface area contributed by atoms with Crippen LogP contribution in [0.1, 0.15) is 15.9 Å². The maximum absolute atomic E-state index is 11.0. The van der Waals surface area contributed by atoms with E-state index >= 15 is 0 Å². The second-order valence-corrected chi connectivity index (χ2v) is 4.54. The summed E-state index contributed by atoms with van der Waals surface area (Å²) in [5.41, 5.74) is 9.02. The van der Waals surface area contributed by atoms with Crippen molar-refractivity contribution < 1.29 is 9.90 Å². The second kappa shape index (κ2) is 4.70. The number of anilines is 1. The molecule has 0 aliphatic carbocycles. The monoisotopic (exact) mass is 261 g/mol. The topological polar surface area (TPSA) is 63.3 Å². The quantitative estimate of drug-likeness (QED) is 0.812.